The van der Waals surface area contributed by atoms with E-state index in [-0.39, 0.29) is 5.91 Å². The fraction of sp³-hybridized carbons (Fsp3) is 0.714. The topological polar surface area (TPSA) is 50.2 Å². The van der Waals surface area contributed by atoms with E-state index in [1.165, 1.54) is 12.8 Å². The van der Waals surface area contributed by atoms with Crippen molar-refractivity contribution in [2.45, 2.75) is 38.6 Å². The molecule has 1 aromatic rings. The van der Waals surface area contributed by atoms with Gasteiger partial charge in [-0.1, -0.05) is 12.8 Å². The van der Waals surface area contributed by atoms with Crippen LogP contribution >= 0.6 is 0 Å². The van der Waals surface area contributed by atoms with Gasteiger partial charge in [-0.05, 0) is 31.9 Å². The van der Waals surface area contributed by atoms with Crippen molar-refractivity contribution >= 4 is 5.91 Å². The monoisotopic (exact) mass is 264 g/mol. The molecule has 5 nitrogen and oxygen atoms in total. The summed E-state index contributed by atoms with van der Waals surface area (Å²) in [4.78, 5) is 14.0. The first-order chi connectivity index (χ1) is 9.36. The highest BCUT2D eigenvalue weighted by molar-refractivity contribution is 5.78. The molecule has 19 heavy (non-hydrogen) atoms. The highest BCUT2D eigenvalue weighted by atomic mass is 16.2. The summed E-state index contributed by atoms with van der Waals surface area (Å²) < 4.78 is 1.91. The van der Waals surface area contributed by atoms with Crippen LogP contribution in [0, 0.1) is 0 Å². The van der Waals surface area contributed by atoms with E-state index < -0.39 is 0 Å². The maximum absolute atomic E-state index is 12.0. The van der Waals surface area contributed by atoms with Crippen LogP contribution in [0.4, 0.5) is 0 Å². The number of aromatic nitrogens is 2. The Morgan fingerprint density at radius 3 is 2.68 bits per heavy atom. The van der Waals surface area contributed by atoms with E-state index in [0.29, 0.717) is 6.54 Å². The number of likely N-dealkylation sites (tertiary alicyclic amines) is 1. The zero-order valence-corrected chi connectivity index (χ0v) is 11.6. The van der Waals surface area contributed by atoms with Gasteiger partial charge < -0.3 is 10.2 Å². The Labute approximate surface area is 115 Å². The van der Waals surface area contributed by atoms with Crippen LogP contribution in [-0.2, 0) is 11.3 Å². The standard InChI is InChI=1S/C14H24N4O/c19-14(17-9-3-1-2-4-10-17)13-15-7-5-11-18-12-6-8-16-18/h6,8,12,15H,1-5,7,9-11,13H2. The Morgan fingerprint density at radius 2 is 2.00 bits per heavy atom. The Balaban J connectivity index is 1.55. The molecule has 2 rings (SSSR count). The normalized spacial score (nSPS) is 16.3. The maximum atomic E-state index is 12.0. The van der Waals surface area contributed by atoms with Crippen molar-refractivity contribution in [3.05, 3.63) is 18.5 Å². The lowest BCUT2D eigenvalue weighted by molar-refractivity contribution is -0.130. The zero-order valence-electron chi connectivity index (χ0n) is 11.6. The largest absolute Gasteiger partial charge is 0.342 e. The molecule has 2 heterocycles. The van der Waals surface area contributed by atoms with Gasteiger partial charge in [-0.3, -0.25) is 9.48 Å². The lowest BCUT2D eigenvalue weighted by Crippen LogP contribution is -2.39. The summed E-state index contributed by atoms with van der Waals surface area (Å²) in [5.41, 5.74) is 0. The van der Waals surface area contributed by atoms with E-state index in [1.807, 2.05) is 21.8 Å². The van der Waals surface area contributed by atoms with Crippen LogP contribution in [0.2, 0.25) is 0 Å². The van der Waals surface area contributed by atoms with Crippen molar-refractivity contribution in [1.29, 1.82) is 0 Å². The van der Waals surface area contributed by atoms with E-state index in [2.05, 4.69) is 10.4 Å². The van der Waals surface area contributed by atoms with Crippen LogP contribution in [0.15, 0.2) is 18.5 Å². The summed E-state index contributed by atoms with van der Waals surface area (Å²) in [5, 5.41) is 7.38. The lowest BCUT2D eigenvalue weighted by Gasteiger charge is -2.20. The average Bonchev–Trinajstić information content (AvgIpc) is 2.78. The molecule has 0 atom stereocenters. The predicted molar refractivity (Wildman–Crippen MR) is 74.8 cm³/mol. The summed E-state index contributed by atoms with van der Waals surface area (Å²) >= 11 is 0. The van der Waals surface area contributed by atoms with Crippen LogP contribution < -0.4 is 5.32 Å². The van der Waals surface area contributed by atoms with E-state index >= 15 is 0 Å². The molecule has 0 bridgehead atoms. The number of rotatable bonds is 6. The molecule has 1 aromatic heterocycles. The second-order valence-electron chi connectivity index (χ2n) is 5.09. The number of hydrogen-bond donors (Lipinski definition) is 1. The fourth-order valence-corrected chi connectivity index (χ4v) is 2.43. The third kappa shape index (κ3) is 5.03. The molecular weight excluding hydrogens is 240 g/mol. The molecule has 0 saturated carbocycles. The van der Waals surface area contributed by atoms with Gasteiger partial charge in [0.2, 0.25) is 5.91 Å². The molecule has 5 heteroatoms. The van der Waals surface area contributed by atoms with Gasteiger partial charge >= 0.3 is 0 Å². The van der Waals surface area contributed by atoms with Crippen molar-refractivity contribution in [2.24, 2.45) is 0 Å². The Kier molecular flexibility index (Phi) is 5.88. The van der Waals surface area contributed by atoms with Crippen LogP contribution in [0.25, 0.3) is 0 Å². The Bertz CT molecular complexity index is 356. The van der Waals surface area contributed by atoms with E-state index in [9.17, 15) is 4.79 Å². The lowest BCUT2D eigenvalue weighted by atomic mass is 10.2. The second-order valence-corrected chi connectivity index (χ2v) is 5.09. The zero-order chi connectivity index (χ0) is 13.3. The number of carbonyl (C=O) groups excluding carboxylic acids is 1. The number of nitrogens with one attached hydrogen (secondary N) is 1. The minimum atomic E-state index is 0.251. The molecule has 1 amide bonds. The van der Waals surface area contributed by atoms with Crippen molar-refractivity contribution in [3.8, 4) is 0 Å². The van der Waals surface area contributed by atoms with Crippen molar-refractivity contribution in [1.82, 2.24) is 20.0 Å². The number of carbonyl (C=O) groups is 1. The summed E-state index contributed by atoms with van der Waals surface area (Å²) in [6.45, 7) is 4.11. The molecule has 1 fully saturated rings. The third-order valence-corrected chi connectivity index (χ3v) is 3.53. The summed E-state index contributed by atoms with van der Waals surface area (Å²) in [7, 11) is 0. The van der Waals surface area contributed by atoms with E-state index in [1.54, 1.807) is 6.20 Å². The molecule has 0 spiro atoms. The SMILES string of the molecule is O=C(CNCCCn1cccn1)N1CCCCCC1. The second kappa shape index (κ2) is 7.94. The Morgan fingerprint density at radius 1 is 1.21 bits per heavy atom. The molecule has 0 aliphatic carbocycles. The highest BCUT2D eigenvalue weighted by Gasteiger charge is 2.14. The van der Waals surface area contributed by atoms with Gasteiger partial charge in [-0.2, -0.15) is 5.10 Å². The van der Waals surface area contributed by atoms with Gasteiger partial charge in [0.25, 0.3) is 0 Å². The van der Waals surface area contributed by atoms with Crippen LogP contribution in [-0.4, -0.2) is 46.8 Å². The molecule has 1 aliphatic rings. The van der Waals surface area contributed by atoms with E-state index in [4.69, 9.17) is 0 Å². The van der Waals surface area contributed by atoms with Crippen molar-refractivity contribution < 1.29 is 4.79 Å². The van der Waals surface area contributed by atoms with Gasteiger partial charge in [0, 0.05) is 32.0 Å². The van der Waals surface area contributed by atoms with Gasteiger partial charge in [-0.15, -0.1) is 0 Å². The third-order valence-electron chi connectivity index (χ3n) is 3.53. The number of amides is 1. The highest BCUT2D eigenvalue weighted by Crippen LogP contribution is 2.09. The quantitative estimate of drug-likeness (QED) is 0.787. The number of aryl methyl sites for hydroxylation is 1. The smallest absolute Gasteiger partial charge is 0.236 e. The minimum absolute atomic E-state index is 0.251. The number of nitrogens with zero attached hydrogens (tertiary/aromatic N) is 3. The number of hydrogen-bond acceptors (Lipinski definition) is 3. The van der Waals surface area contributed by atoms with Crippen molar-refractivity contribution in [3.63, 3.8) is 0 Å². The van der Waals surface area contributed by atoms with Gasteiger partial charge in [0.05, 0.1) is 6.54 Å². The molecule has 0 aromatic carbocycles. The molecule has 1 aliphatic heterocycles. The molecule has 0 radical (unpaired) electrons. The average molecular weight is 264 g/mol. The van der Waals surface area contributed by atoms with Gasteiger partial charge in [0.15, 0.2) is 0 Å². The first-order valence-corrected chi connectivity index (χ1v) is 7.32. The maximum Gasteiger partial charge on any atom is 0.236 e. The first kappa shape index (κ1) is 14.1. The summed E-state index contributed by atoms with van der Waals surface area (Å²) in [6.07, 6.45) is 9.59. The molecule has 1 N–H and O–H groups in total. The van der Waals surface area contributed by atoms with Crippen molar-refractivity contribution in [2.75, 3.05) is 26.2 Å². The van der Waals surface area contributed by atoms with E-state index in [0.717, 1.165) is 45.4 Å². The molecule has 1 saturated heterocycles. The fourth-order valence-electron chi connectivity index (χ4n) is 2.43. The molecular formula is C14H24N4O. The van der Waals surface area contributed by atoms with Crippen LogP contribution in [0.3, 0.4) is 0 Å². The summed E-state index contributed by atoms with van der Waals surface area (Å²) in [5.74, 6) is 0.251. The van der Waals surface area contributed by atoms with Gasteiger partial charge in [0.1, 0.15) is 0 Å². The van der Waals surface area contributed by atoms with Gasteiger partial charge in [-0.25, -0.2) is 0 Å². The summed E-state index contributed by atoms with van der Waals surface area (Å²) in [6, 6.07) is 1.93. The predicted octanol–water partition coefficient (Wildman–Crippen LogP) is 1.27. The Hall–Kier alpha value is -1.36. The molecule has 106 valence electrons. The molecule has 0 unspecified atom stereocenters. The first-order valence-electron chi connectivity index (χ1n) is 7.32. The van der Waals surface area contributed by atoms with Crippen LogP contribution in [0.1, 0.15) is 32.1 Å². The van der Waals surface area contributed by atoms with Crippen LogP contribution in [0.5, 0.6) is 0 Å². The minimum Gasteiger partial charge on any atom is -0.342 e.